The van der Waals surface area contributed by atoms with Gasteiger partial charge in [-0.05, 0) is 24.1 Å². The Morgan fingerprint density at radius 2 is 2.16 bits per heavy atom. The maximum atomic E-state index is 11.7. The second-order valence-electron chi connectivity index (χ2n) is 5.81. The minimum atomic E-state index is -0.439. The summed E-state index contributed by atoms with van der Waals surface area (Å²) in [6, 6.07) is 7.38. The van der Waals surface area contributed by atoms with Gasteiger partial charge in [-0.2, -0.15) is 0 Å². The Hall–Kier alpha value is -1.84. The topological polar surface area (TPSA) is 99.8 Å². The first kappa shape index (κ1) is 21.2. The first-order chi connectivity index (χ1) is 11.5. The SMILES string of the molecule is CCC(=O)N1CCC(NC(=NC)NCc2cccc(C(N)=O)c2)C1.I. The number of primary amides is 1. The Morgan fingerprint density at radius 3 is 2.80 bits per heavy atom. The first-order valence-corrected chi connectivity index (χ1v) is 8.17. The second kappa shape index (κ2) is 10.2. The van der Waals surface area contributed by atoms with Crippen LogP contribution in [0, 0.1) is 0 Å². The number of carbonyl (C=O) groups is 2. The number of hydrogen-bond acceptors (Lipinski definition) is 3. The highest BCUT2D eigenvalue weighted by molar-refractivity contribution is 14.0. The average Bonchev–Trinajstić information content (AvgIpc) is 3.06. The molecule has 1 unspecified atom stereocenters. The maximum absolute atomic E-state index is 11.7. The molecule has 0 saturated carbocycles. The number of nitrogens with two attached hydrogens (primary N) is 1. The van der Waals surface area contributed by atoms with E-state index < -0.39 is 5.91 Å². The number of likely N-dealkylation sites (tertiary alicyclic amines) is 1. The molecule has 2 amide bonds. The predicted molar refractivity (Wildman–Crippen MR) is 109 cm³/mol. The molecule has 2 rings (SSSR count). The number of benzene rings is 1. The smallest absolute Gasteiger partial charge is 0.248 e. The van der Waals surface area contributed by atoms with Gasteiger partial charge in [0.2, 0.25) is 11.8 Å². The molecule has 1 aliphatic rings. The second-order valence-corrected chi connectivity index (χ2v) is 5.81. The van der Waals surface area contributed by atoms with Crippen molar-refractivity contribution in [1.29, 1.82) is 0 Å². The molecule has 7 nitrogen and oxygen atoms in total. The fraction of sp³-hybridized carbons (Fsp3) is 0.471. The highest BCUT2D eigenvalue weighted by Gasteiger charge is 2.25. The number of rotatable bonds is 5. The van der Waals surface area contributed by atoms with E-state index in [9.17, 15) is 9.59 Å². The van der Waals surface area contributed by atoms with Crippen LogP contribution in [0.2, 0.25) is 0 Å². The van der Waals surface area contributed by atoms with Gasteiger partial charge in [0.05, 0.1) is 0 Å². The lowest BCUT2D eigenvalue weighted by Crippen LogP contribution is -2.44. The van der Waals surface area contributed by atoms with Gasteiger partial charge in [-0.1, -0.05) is 19.1 Å². The van der Waals surface area contributed by atoms with Gasteiger partial charge < -0.3 is 21.3 Å². The highest BCUT2D eigenvalue weighted by Crippen LogP contribution is 2.10. The summed E-state index contributed by atoms with van der Waals surface area (Å²) in [6.45, 7) is 3.89. The molecule has 1 aromatic carbocycles. The van der Waals surface area contributed by atoms with Gasteiger partial charge in [0.25, 0.3) is 0 Å². The quantitative estimate of drug-likeness (QED) is 0.349. The molecule has 8 heteroatoms. The van der Waals surface area contributed by atoms with Crippen molar-refractivity contribution in [3.05, 3.63) is 35.4 Å². The van der Waals surface area contributed by atoms with Crippen LogP contribution in [0.5, 0.6) is 0 Å². The predicted octanol–water partition coefficient (Wildman–Crippen LogP) is 1.08. The Bertz CT molecular complexity index is 635. The Balaban J connectivity index is 0.00000312. The fourth-order valence-electron chi connectivity index (χ4n) is 2.74. The molecular formula is C17H26IN5O2. The molecule has 138 valence electrons. The number of halogens is 1. The molecule has 0 aromatic heterocycles. The molecule has 0 spiro atoms. The lowest BCUT2D eigenvalue weighted by Gasteiger charge is -2.18. The molecule has 1 saturated heterocycles. The van der Waals surface area contributed by atoms with Gasteiger partial charge in [0.15, 0.2) is 5.96 Å². The lowest BCUT2D eigenvalue weighted by molar-refractivity contribution is -0.129. The van der Waals surface area contributed by atoms with Gasteiger partial charge in [-0.15, -0.1) is 24.0 Å². The van der Waals surface area contributed by atoms with E-state index in [0.717, 1.165) is 18.5 Å². The monoisotopic (exact) mass is 459 g/mol. The van der Waals surface area contributed by atoms with Crippen LogP contribution in [0.15, 0.2) is 29.3 Å². The summed E-state index contributed by atoms with van der Waals surface area (Å²) in [5.74, 6) is 0.423. The number of hydrogen-bond donors (Lipinski definition) is 3. The zero-order valence-electron chi connectivity index (χ0n) is 14.6. The normalized spacial score (nSPS) is 17.0. The summed E-state index contributed by atoms with van der Waals surface area (Å²) in [4.78, 5) is 29.0. The van der Waals surface area contributed by atoms with E-state index in [1.54, 1.807) is 25.2 Å². The summed E-state index contributed by atoms with van der Waals surface area (Å²) >= 11 is 0. The summed E-state index contributed by atoms with van der Waals surface area (Å²) in [7, 11) is 1.71. The van der Waals surface area contributed by atoms with Crippen LogP contribution < -0.4 is 16.4 Å². The van der Waals surface area contributed by atoms with Gasteiger partial charge in [-0.25, -0.2) is 0 Å². The molecule has 0 aliphatic carbocycles. The van der Waals surface area contributed by atoms with Crippen LogP contribution in [-0.2, 0) is 11.3 Å². The Kier molecular flexibility index (Phi) is 8.67. The third-order valence-corrected chi connectivity index (χ3v) is 4.08. The van der Waals surface area contributed by atoms with Crippen molar-refractivity contribution in [3.63, 3.8) is 0 Å². The highest BCUT2D eigenvalue weighted by atomic mass is 127. The third-order valence-electron chi connectivity index (χ3n) is 4.08. The summed E-state index contributed by atoms with van der Waals surface area (Å²) in [6.07, 6.45) is 1.44. The molecule has 4 N–H and O–H groups in total. The molecular weight excluding hydrogens is 433 g/mol. The van der Waals surface area contributed by atoms with Crippen molar-refractivity contribution in [2.24, 2.45) is 10.7 Å². The number of guanidine groups is 1. The Morgan fingerprint density at radius 1 is 1.40 bits per heavy atom. The molecule has 0 radical (unpaired) electrons. The van der Waals surface area contributed by atoms with Crippen LogP contribution in [0.1, 0.15) is 35.7 Å². The van der Waals surface area contributed by atoms with E-state index in [4.69, 9.17) is 5.73 Å². The first-order valence-electron chi connectivity index (χ1n) is 8.17. The zero-order chi connectivity index (χ0) is 17.5. The number of carbonyl (C=O) groups excluding carboxylic acids is 2. The largest absolute Gasteiger partial charge is 0.366 e. The zero-order valence-corrected chi connectivity index (χ0v) is 16.9. The van der Waals surface area contributed by atoms with E-state index >= 15 is 0 Å². The number of aliphatic imine (C=N–C) groups is 1. The molecule has 1 aromatic rings. The molecule has 0 bridgehead atoms. The third kappa shape index (κ3) is 6.18. The van der Waals surface area contributed by atoms with Crippen molar-refractivity contribution >= 4 is 41.8 Å². The molecule has 1 atom stereocenters. The van der Waals surface area contributed by atoms with Gasteiger partial charge in [-0.3, -0.25) is 14.6 Å². The van der Waals surface area contributed by atoms with E-state index in [1.165, 1.54) is 0 Å². The van der Waals surface area contributed by atoms with Crippen molar-refractivity contribution in [1.82, 2.24) is 15.5 Å². The maximum Gasteiger partial charge on any atom is 0.248 e. The summed E-state index contributed by atoms with van der Waals surface area (Å²) < 4.78 is 0. The average molecular weight is 459 g/mol. The van der Waals surface area contributed by atoms with Gasteiger partial charge in [0, 0.05) is 44.7 Å². The summed E-state index contributed by atoms with van der Waals surface area (Å²) in [5, 5.41) is 6.56. The van der Waals surface area contributed by atoms with Crippen molar-refractivity contribution < 1.29 is 9.59 Å². The van der Waals surface area contributed by atoms with E-state index in [0.29, 0.717) is 31.0 Å². The van der Waals surface area contributed by atoms with E-state index in [-0.39, 0.29) is 35.9 Å². The lowest BCUT2D eigenvalue weighted by atomic mass is 10.1. The molecule has 1 aliphatic heterocycles. The summed E-state index contributed by atoms with van der Waals surface area (Å²) in [5.41, 5.74) is 6.73. The van der Waals surface area contributed by atoms with Crippen LogP contribution in [0.25, 0.3) is 0 Å². The molecule has 25 heavy (non-hydrogen) atoms. The van der Waals surface area contributed by atoms with Gasteiger partial charge >= 0.3 is 0 Å². The van der Waals surface area contributed by atoms with Crippen LogP contribution >= 0.6 is 24.0 Å². The Labute approximate surface area is 165 Å². The number of nitrogens with zero attached hydrogens (tertiary/aromatic N) is 2. The van der Waals surface area contributed by atoms with Crippen molar-refractivity contribution in [3.8, 4) is 0 Å². The van der Waals surface area contributed by atoms with Crippen molar-refractivity contribution in [2.45, 2.75) is 32.4 Å². The van der Waals surface area contributed by atoms with Gasteiger partial charge in [0.1, 0.15) is 0 Å². The minimum Gasteiger partial charge on any atom is -0.366 e. The standard InChI is InChI=1S/C17H25N5O2.HI/c1-3-15(23)22-8-7-14(11-22)21-17(19-2)20-10-12-5-4-6-13(9-12)16(18)24;/h4-6,9,14H,3,7-8,10-11H2,1-2H3,(H2,18,24)(H2,19,20,21);1H. The minimum absolute atomic E-state index is 0. The van der Waals surface area contributed by atoms with Crippen LogP contribution in [-0.4, -0.2) is 48.9 Å². The fourth-order valence-corrected chi connectivity index (χ4v) is 2.74. The van der Waals surface area contributed by atoms with Crippen LogP contribution in [0.3, 0.4) is 0 Å². The molecule has 1 heterocycles. The van der Waals surface area contributed by atoms with Crippen molar-refractivity contribution in [2.75, 3.05) is 20.1 Å². The molecule has 1 fully saturated rings. The van der Waals surface area contributed by atoms with E-state index in [1.807, 2.05) is 17.9 Å². The van der Waals surface area contributed by atoms with Crippen LogP contribution in [0.4, 0.5) is 0 Å². The van der Waals surface area contributed by atoms with E-state index in [2.05, 4.69) is 15.6 Å². The number of amides is 2. The number of nitrogens with one attached hydrogen (secondary N) is 2.